The summed E-state index contributed by atoms with van der Waals surface area (Å²) < 4.78 is 10.6. The molecule has 8 heteroatoms. The molecule has 0 heterocycles. The van der Waals surface area contributed by atoms with Gasteiger partial charge in [-0.05, 0) is 48.9 Å². The predicted octanol–water partition coefficient (Wildman–Crippen LogP) is 3.31. The van der Waals surface area contributed by atoms with Gasteiger partial charge in [0.2, 0.25) is 0 Å². The molecule has 0 radical (unpaired) electrons. The van der Waals surface area contributed by atoms with E-state index < -0.39 is 17.8 Å². The fourth-order valence-corrected chi connectivity index (χ4v) is 2.67. The van der Waals surface area contributed by atoms with Crippen LogP contribution >= 0.6 is 0 Å². The van der Waals surface area contributed by atoms with Crippen LogP contribution in [0.4, 0.5) is 5.69 Å². The van der Waals surface area contributed by atoms with Crippen LogP contribution in [0.2, 0.25) is 0 Å². The molecule has 0 aliphatic carbocycles. The Kier molecular flexibility index (Phi) is 7.32. The lowest BCUT2D eigenvalue weighted by atomic mass is 10.2. The van der Waals surface area contributed by atoms with E-state index in [0.717, 1.165) is 5.56 Å². The molecule has 8 nitrogen and oxygen atoms in total. The zero-order valence-corrected chi connectivity index (χ0v) is 17.5. The van der Waals surface area contributed by atoms with Crippen molar-refractivity contribution >= 4 is 29.7 Å². The van der Waals surface area contributed by atoms with Crippen molar-refractivity contribution in [3.8, 4) is 11.5 Å². The summed E-state index contributed by atoms with van der Waals surface area (Å²) in [6.45, 7) is 1.92. The molecule has 0 fully saturated rings. The number of esters is 1. The van der Waals surface area contributed by atoms with E-state index in [1.165, 1.54) is 13.3 Å². The quantitative estimate of drug-likeness (QED) is 0.205. The summed E-state index contributed by atoms with van der Waals surface area (Å²) in [5.74, 6) is -1.64. The van der Waals surface area contributed by atoms with Gasteiger partial charge in [0, 0.05) is 5.69 Å². The van der Waals surface area contributed by atoms with Crippen molar-refractivity contribution < 1.29 is 23.9 Å². The van der Waals surface area contributed by atoms with E-state index >= 15 is 0 Å². The van der Waals surface area contributed by atoms with Gasteiger partial charge in [-0.3, -0.25) is 9.59 Å². The number of methoxy groups -OCH3 is 1. The molecule has 2 N–H and O–H groups in total. The molecule has 0 saturated carbocycles. The first-order valence-corrected chi connectivity index (χ1v) is 9.62. The van der Waals surface area contributed by atoms with Crippen molar-refractivity contribution in [3.63, 3.8) is 0 Å². The molecule has 0 unspecified atom stereocenters. The molecule has 0 spiro atoms. The number of nitrogens with one attached hydrogen (secondary N) is 2. The maximum atomic E-state index is 12.4. The third-order valence-electron chi connectivity index (χ3n) is 4.29. The lowest BCUT2D eigenvalue weighted by molar-refractivity contribution is -0.136. The van der Waals surface area contributed by atoms with E-state index in [4.69, 9.17) is 9.47 Å². The lowest BCUT2D eigenvalue weighted by Crippen LogP contribution is -2.32. The van der Waals surface area contributed by atoms with Crippen LogP contribution in [0.25, 0.3) is 0 Å². The first-order valence-electron chi connectivity index (χ1n) is 9.62. The zero-order valence-electron chi connectivity index (χ0n) is 17.5. The van der Waals surface area contributed by atoms with Crippen LogP contribution in [0.1, 0.15) is 21.5 Å². The number of hydrogen-bond donors (Lipinski definition) is 2. The Bertz CT molecular complexity index is 1160. The number of hydrogen-bond acceptors (Lipinski definition) is 6. The molecule has 3 aromatic rings. The highest BCUT2D eigenvalue weighted by Gasteiger charge is 2.14. The highest BCUT2D eigenvalue weighted by Crippen LogP contribution is 2.20. The third kappa shape index (κ3) is 6.02. The highest BCUT2D eigenvalue weighted by molar-refractivity contribution is 6.39. The van der Waals surface area contributed by atoms with E-state index in [0.29, 0.717) is 22.6 Å². The molecular formula is C24H21N3O5. The van der Waals surface area contributed by atoms with Crippen molar-refractivity contribution in [2.75, 3.05) is 12.4 Å². The summed E-state index contributed by atoms with van der Waals surface area (Å²) in [5, 5.41) is 6.26. The molecule has 3 rings (SSSR count). The fourth-order valence-electron chi connectivity index (χ4n) is 2.67. The van der Waals surface area contributed by atoms with Crippen LogP contribution in [0.3, 0.4) is 0 Å². The first-order chi connectivity index (χ1) is 15.5. The molecule has 162 valence electrons. The molecule has 0 bridgehead atoms. The average Bonchev–Trinajstić information content (AvgIpc) is 2.80. The van der Waals surface area contributed by atoms with Gasteiger partial charge >= 0.3 is 17.8 Å². The second-order valence-electron chi connectivity index (χ2n) is 6.68. The largest absolute Gasteiger partial charge is 0.496 e. The summed E-state index contributed by atoms with van der Waals surface area (Å²) in [4.78, 5) is 36.3. The van der Waals surface area contributed by atoms with Crippen molar-refractivity contribution in [1.29, 1.82) is 0 Å². The Hall–Kier alpha value is -4.46. The van der Waals surface area contributed by atoms with Gasteiger partial charge in [0.15, 0.2) is 0 Å². The second-order valence-corrected chi connectivity index (χ2v) is 6.68. The van der Waals surface area contributed by atoms with Gasteiger partial charge < -0.3 is 14.8 Å². The monoisotopic (exact) mass is 431 g/mol. The number of rotatable bonds is 6. The molecule has 0 aliphatic heterocycles. The average molecular weight is 431 g/mol. The fraction of sp³-hybridized carbons (Fsp3) is 0.0833. The summed E-state index contributed by atoms with van der Waals surface area (Å²) in [6, 6.07) is 20.3. The van der Waals surface area contributed by atoms with Crippen molar-refractivity contribution in [3.05, 3.63) is 89.5 Å². The van der Waals surface area contributed by atoms with E-state index in [2.05, 4.69) is 15.8 Å². The van der Waals surface area contributed by atoms with Gasteiger partial charge in [0.05, 0.1) is 13.3 Å². The number of ether oxygens (including phenoxy) is 2. The molecular weight excluding hydrogens is 410 g/mol. The number of carbonyl (C=O) groups is 3. The number of para-hydroxylation sites is 1. The number of benzene rings is 3. The zero-order chi connectivity index (χ0) is 22.9. The number of hydrazone groups is 1. The summed E-state index contributed by atoms with van der Waals surface area (Å²) in [5.41, 5.74) is 4.54. The maximum absolute atomic E-state index is 12.4. The van der Waals surface area contributed by atoms with E-state index in [1.807, 2.05) is 19.1 Å². The molecule has 2 amide bonds. The number of aryl methyl sites for hydroxylation is 1. The van der Waals surface area contributed by atoms with Gasteiger partial charge in [-0.1, -0.05) is 42.0 Å². The van der Waals surface area contributed by atoms with Crippen LogP contribution in [0, 0.1) is 6.92 Å². The SMILES string of the molecule is COc1ccccc1C(=O)Oc1cccc(/C=N/NC(=O)C(=O)Nc2ccc(C)cc2)c1. The summed E-state index contributed by atoms with van der Waals surface area (Å²) in [7, 11) is 1.47. The van der Waals surface area contributed by atoms with Gasteiger partial charge in [-0.15, -0.1) is 0 Å². The van der Waals surface area contributed by atoms with Crippen LogP contribution in [-0.2, 0) is 9.59 Å². The molecule has 0 aromatic heterocycles. The summed E-state index contributed by atoms with van der Waals surface area (Å²) >= 11 is 0. The van der Waals surface area contributed by atoms with Gasteiger partial charge in [0.1, 0.15) is 17.1 Å². The van der Waals surface area contributed by atoms with E-state index in [-0.39, 0.29) is 5.75 Å². The molecule has 0 aliphatic rings. The van der Waals surface area contributed by atoms with Gasteiger partial charge in [-0.2, -0.15) is 5.10 Å². The maximum Gasteiger partial charge on any atom is 0.347 e. The molecule has 32 heavy (non-hydrogen) atoms. The summed E-state index contributed by atoms with van der Waals surface area (Å²) in [6.07, 6.45) is 1.33. The first kappa shape index (κ1) is 22.2. The minimum atomic E-state index is -0.916. The Morgan fingerprint density at radius 3 is 2.41 bits per heavy atom. The second kappa shape index (κ2) is 10.5. The normalized spacial score (nSPS) is 10.4. The molecule has 3 aromatic carbocycles. The van der Waals surface area contributed by atoms with Crippen LogP contribution in [0.15, 0.2) is 77.9 Å². The Morgan fingerprint density at radius 2 is 1.66 bits per heavy atom. The third-order valence-corrected chi connectivity index (χ3v) is 4.29. The van der Waals surface area contributed by atoms with Crippen LogP contribution in [0.5, 0.6) is 11.5 Å². The number of carbonyl (C=O) groups excluding carboxylic acids is 3. The van der Waals surface area contributed by atoms with Gasteiger partial charge in [0.25, 0.3) is 0 Å². The number of amides is 2. The van der Waals surface area contributed by atoms with Crippen molar-refractivity contribution in [2.24, 2.45) is 5.10 Å². The molecule has 0 saturated heterocycles. The minimum absolute atomic E-state index is 0.285. The minimum Gasteiger partial charge on any atom is -0.496 e. The standard InChI is InChI=1S/C24H21N3O5/c1-16-10-12-18(13-11-16)26-22(28)23(29)27-25-15-17-6-5-7-19(14-17)32-24(30)20-8-3-4-9-21(20)31-2/h3-15H,1-2H3,(H,26,28)(H,27,29)/b25-15+. The van der Waals surface area contributed by atoms with Crippen molar-refractivity contribution in [2.45, 2.75) is 6.92 Å². The number of anilines is 1. The van der Waals surface area contributed by atoms with E-state index in [9.17, 15) is 14.4 Å². The Morgan fingerprint density at radius 1 is 0.906 bits per heavy atom. The molecule has 0 atom stereocenters. The Balaban J connectivity index is 1.58. The van der Waals surface area contributed by atoms with Crippen molar-refractivity contribution in [1.82, 2.24) is 5.43 Å². The van der Waals surface area contributed by atoms with Crippen LogP contribution < -0.4 is 20.2 Å². The Labute approximate surface area is 184 Å². The number of nitrogens with zero attached hydrogens (tertiary/aromatic N) is 1. The van der Waals surface area contributed by atoms with Gasteiger partial charge in [-0.25, -0.2) is 10.2 Å². The predicted molar refractivity (Wildman–Crippen MR) is 120 cm³/mol. The lowest BCUT2D eigenvalue weighted by Gasteiger charge is -2.08. The van der Waals surface area contributed by atoms with Crippen LogP contribution in [-0.4, -0.2) is 31.1 Å². The topological polar surface area (TPSA) is 106 Å². The van der Waals surface area contributed by atoms with E-state index in [1.54, 1.807) is 60.7 Å². The highest BCUT2D eigenvalue weighted by atomic mass is 16.5. The smallest absolute Gasteiger partial charge is 0.347 e.